The average Bonchev–Trinajstić information content (AvgIpc) is 2.70. The minimum atomic E-state index is -0.442. The van der Waals surface area contributed by atoms with Crippen molar-refractivity contribution >= 4 is 5.91 Å². The van der Waals surface area contributed by atoms with Gasteiger partial charge in [0.1, 0.15) is 0 Å². The molecule has 0 aromatic heterocycles. The molecule has 0 saturated carbocycles. The van der Waals surface area contributed by atoms with E-state index in [9.17, 15) is 4.79 Å². The number of fused-ring (bicyclic) bond motifs is 1. The maximum Gasteiger partial charge on any atom is 0.248 e. The van der Waals surface area contributed by atoms with Crippen molar-refractivity contribution in [3.8, 4) is 11.5 Å². The molecule has 0 spiro atoms. The van der Waals surface area contributed by atoms with E-state index in [0.717, 1.165) is 17.7 Å². The predicted molar refractivity (Wildman–Crippen MR) is 60.0 cm³/mol. The number of ether oxygens (including phenoxy) is 2. The lowest BCUT2D eigenvalue weighted by Crippen LogP contribution is -2.11. The van der Waals surface area contributed by atoms with Crippen molar-refractivity contribution in [3.63, 3.8) is 0 Å². The van der Waals surface area contributed by atoms with E-state index in [1.807, 2.05) is 0 Å². The molecule has 0 saturated heterocycles. The van der Waals surface area contributed by atoms with Crippen molar-refractivity contribution < 1.29 is 14.3 Å². The molecule has 2 rings (SSSR count). The first-order valence-corrected chi connectivity index (χ1v) is 5.31. The number of carbonyl (C=O) groups is 1. The molecule has 0 radical (unpaired) electrons. The van der Waals surface area contributed by atoms with Gasteiger partial charge in [0, 0.05) is 17.0 Å². The molecule has 1 atom stereocenters. The van der Waals surface area contributed by atoms with E-state index in [4.69, 9.17) is 15.2 Å². The van der Waals surface area contributed by atoms with Gasteiger partial charge in [-0.25, -0.2) is 0 Å². The van der Waals surface area contributed by atoms with E-state index >= 15 is 0 Å². The van der Waals surface area contributed by atoms with Crippen LogP contribution in [0.5, 0.6) is 11.5 Å². The lowest BCUT2D eigenvalue weighted by Gasteiger charge is -2.09. The fraction of sp³-hybridized carbons (Fsp3) is 0.417. The molecule has 1 aliphatic rings. The first-order chi connectivity index (χ1) is 7.67. The van der Waals surface area contributed by atoms with E-state index in [0.29, 0.717) is 23.8 Å². The van der Waals surface area contributed by atoms with Gasteiger partial charge in [-0.05, 0) is 18.6 Å². The summed E-state index contributed by atoms with van der Waals surface area (Å²) in [5.41, 5.74) is 6.78. The molecule has 4 nitrogen and oxygen atoms in total. The lowest BCUT2D eigenvalue weighted by molar-refractivity contribution is 0.1000. The summed E-state index contributed by atoms with van der Waals surface area (Å²) in [6.45, 7) is 2.73. The highest BCUT2D eigenvalue weighted by molar-refractivity contribution is 5.94. The standard InChI is InChI=1S/C12H15NO3/c1-3-7-6-16-11-9(7)4-8(12(13)14)5-10(11)15-2/h4-5,7H,3,6H2,1-2H3,(H2,13,14). The molecule has 16 heavy (non-hydrogen) atoms. The first kappa shape index (κ1) is 10.8. The van der Waals surface area contributed by atoms with Crippen LogP contribution < -0.4 is 15.2 Å². The Labute approximate surface area is 94.3 Å². The summed E-state index contributed by atoms with van der Waals surface area (Å²) in [6.07, 6.45) is 0.971. The average molecular weight is 221 g/mol. The maximum absolute atomic E-state index is 11.2. The zero-order valence-electron chi connectivity index (χ0n) is 9.45. The highest BCUT2D eigenvalue weighted by Gasteiger charge is 2.27. The third-order valence-electron chi connectivity index (χ3n) is 2.95. The molecule has 2 N–H and O–H groups in total. The Hall–Kier alpha value is -1.71. The molecule has 4 heteroatoms. The summed E-state index contributed by atoms with van der Waals surface area (Å²) in [5.74, 6) is 1.22. The van der Waals surface area contributed by atoms with Gasteiger partial charge in [0.15, 0.2) is 11.5 Å². The fourth-order valence-corrected chi connectivity index (χ4v) is 1.99. The predicted octanol–water partition coefficient (Wildman–Crippen LogP) is 1.68. The Morgan fingerprint density at radius 2 is 2.38 bits per heavy atom. The Bertz CT molecular complexity index is 429. The number of nitrogens with two attached hydrogens (primary N) is 1. The van der Waals surface area contributed by atoms with Gasteiger partial charge in [0.05, 0.1) is 13.7 Å². The number of hydrogen-bond donors (Lipinski definition) is 1. The van der Waals surface area contributed by atoms with Crippen molar-refractivity contribution in [1.82, 2.24) is 0 Å². The fourth-order valence-electron chi connectivity index (χ4n) is 1.99. The van der Waals surface area contributed by atoms with Crippen molar-refractivity contribution in [2.24, 2.45) is 5.73 Å². The van der Waals surface area contributed by atoms with Gasteiger partial charge in [-0.2, -0.15) is 0 Å². The zero-order chi connectivity index (χ0) is 11.7. The highest BCUT2D eigenvalue weighted by atomic mass is 16.5. The molecule has 1 aliphatic heterocycles. The second-order valence-electron chi connectivity index (χ2n) is 3.88. The Kier molecular flexibility index (Phi) is 2.73. The minimum absolute atomic E-state index is 0.322. The van der Waals surface area contributed by atoms with Crippen LogP contribution in [0, 0.1) is 0 Å². The van der Waals surface area contributed by atoms with Crippen LogP contribution >= 0.6 is 0 Å². The van der Waals surface area contributed by atoms with Crippen LogP contribution in [0.15, 0.2) is 12.1 Å². The van der Waals surface area contributed by atoms with Gasteiger partial charge in [0.2, 0.25) is 5.91 Å². The Morgan fingerprint density at radius 1 is 1.62 bits per heavy atom. The second kappa shape index (κ2) is 4.04. The Morgan fingerprint density at radius 3 is 2.94 bits per heavy atom. The van der Waals surface area contributed by atoms with Crippen molar-refractivity contribution in [2.75, 3.05) is 13.7 Å². The summed E-state index contributed by atoms with van der Waals surface area (Å²) in [6, 6.07) is 3.43. The molecule has 1 unspecified atom stereocenters. The van der Waals surface area contributed by atoms with Gasteiger partial charge < -0.3 is 15.2 Å². The smallest absolute Gasteiger partial charge is 0.248 e. The van der Waals surface area contributed by atoms with Crippen LogP contribution in [-0.2, 0) is 0 Å². The van der Waals surface area contributed by atoms with Crippen LogP contribution in [0.4, 0.5) is 0 Å². The van der Waals surface area contributed by atoms with Gasteiger partial charge in [0.25, 0.3) is 0 Å². The summed E-state index contributed by atoms with van der Waals surface area (Å²) in [4.78, 5) is 11.2. The lowest BCUT2D eigenvalue weighted by atomic mass is 9.96. The van der Waals surface area contributed by atoms with Crippen LogP contribution in [0.3, 0.4) is 0 Å². The number of rotatable bonds is 3. The summed E-state index contributed by atoms with van der Waals surface area (Å²) in [7, 11) is 1.56. The third kappa shape index (κ3) is 1.60. The van der Waals surface area contributed by atoms with Crippen LogP contribution in [0.25, 0.3) is 0 Å². The van der Waals surface area contributed by atoms with E-state index < -0.39 is 5.91 Å². The van der Waals surface area contributed by atoms with E-state index in [2.05, 4.69) is 6.92 Å². The van der Waals surface area contributed by atoms with Crippen LogP contribution in [0.2, 0.25) is 0 Å². The third-order valence-corrected chi connectivity index (χ3v) is 2.95. The van der Waals surface area contributed by atoms with Crippen molar-refractivity contribution in [3.05, 3.63) is 23.3 Å². The number of carbonyl (C=O) groups excluding carboxylic acids is 1. The molecular weight excluding hydrogens is 206 g/mol. The number of methoxy groups -OCH3 is 1. The molecular formula is C12H15NO3. The number of primary amides is 1. The molecule has 0 fully saturated rings. The van der Waals surface area contributed by atoms with E-state index in [1.165, 1.54) is 0 Å². The van der Waals surface area contributed by atoms with E-state index in [-0.39, 0.29) is 0 Å². The van der Waals surface area contributed by atoms with Crippen LogP contribution in [-0.4, -0.2) is 19.6 Å². The maximum atomic E-state index is 11.2. The Balaban J connectivity index is 2.54. The number of benzene rings is 1. The van der Waals surface area contributed by atoms with Crippen molar-refractivity contribution in [1.29, 1.82) is 0 Å². The van der Waals surface area contributed by atoms with Crippen molar-refractivity contribution in [2.45, 2.75) is 19.3 Å². The van der Waals surface area contributed by atoms with Gasteiger partial charge >= 0.3 is 0 Å². The quantitative estimate of drug-likeness (QED) is 0.844. The minimum Gasteiger partial charge on any atom is -0.493 e. The zero-order valence-corrected chi connectivity index (χ0v) is 9.45. The molecule has 0 bridgehead atoms. The molecule has 86 valence electrons. The molecule has 0 aliphatic carbocycles. The second-order valence-corrected chi connectivity index (χ2v) is 3.88. The molecule has 1 aromatic carbocycles. The van der Waals surface area contributed by atoms with Gasteiger partial charge in [-0.15, -0.1) is 0 Å². The van der Waals surface area contributed by atoms with Gasteiger partial charge in [-0.3, -0.25) is 4.79 Å². The normalized spacial score (nSPS) is 17.8. The SMILES string of the molecule is CCC1COc2c(OC)cc(C(N)=O)cc21. The number of hydrogen-bond acceptors (Lipinski definition) is 3. The topological polar surface area (TPSA) is 61.6 Å². The number of amides is 1. The summed E-state index contributed by atoms with van der Waals surface area (Å²) < 4.78 is 10.8. The first-order valence-electron chi connectivity index (χ1n) is 5.31. The van der Waals surface area contributed by atoms with E-state index in [1.54, 1.807) is 19.2 Å². The largest absolute Gasteiger partial charge is 0.493 e. The molecule has 1 heterocycles. The molecule has 1 amide bonds. The summed E-state index contributed by atoms with van der Waals surface area (Å²) >= 11 is 0. The highest BCUT2D eigenvalue weighted by Crippen LogP contribution is 2.43. The van der Waals surface area contributed by atoms with Gasteiger partial charge in [-0.1, -0.05) is 6.92 Å². The monoisotopic (exact) mass is 221 g/mol. The summed E-state index contributed by atoms with van der Waals surface area (Å²) in [5, 5.41) is 0. The molecule has 1 aromatic rings. The van der Waals surface area contributed by atoms with Crippen LogP contribution in [0.1, 0.15) is 35.2 Å².